The fourth-order valence-corrected chi connectivity index (χ4v) is 4.01. The monoisotopic (exact) mass is 481 g/mol. The number of hydrazone groups is 1. The molecule has 0 bridgehead atoms. The summed E-state index contributed by atoms with van der Waals surface area (Å²) >= 11 is 0. The maximum atomic E-state index is 12.8. The van der Waals surface area contributed by atoms with Gasteiger partial charge in [-0.25, -0.2) is 5.43 Å². The first kappa shape index (κ1) is 26.1. The van der Waals surface area contributed by atoms with Gasteiger partial charge in [0.15, 0.2) is 11.5 Å². The van der Waals surface area contributed by atoms with Crippen molar-refractivity contribution >= 4 is 23.2 Å². The van der Waals surface area contributed by atoms with Gasteiger partial charge in [-0.2, -0.15) is 5.10 Å². The summed E-state index contributed by atoms with van der Waals surface area (Å²) in [6.45, 7) is 8.69. The number of hydrogen-bond acceptors (Lipinski definition) is 6. The van der Waals surface area contributed by atoms with E-state index in [1.807, 2.05) is 52.0 Å². The summed E-state index contributed by atoms with van der Waals surface area (Å²) in [6, 6.07) is 10.7. The highest BCUT2D eigenvalue weighted by Gasteiger charge is 2.22. The van der Waals surface area contributed by atoms with Crippen LogP contribution in [-0.2, 0) is 4.79 Å². The van der Waals surface area contributed by atoms with E-state index in [9.17, 15) is 9.59 Å². The zero-order valence-electron chi connectivity index (χ0n) is 21.0. The minimum atomic E-state index is -0.394. The molecule has 1 fully saturated rings. The maximum absolute atomic E-state index is 12.8. The van der Waals surface area contributed by atoms with Gasteiger partial charge in [0, 0.05) is 17.2 Å². The van der Waals surface area contributed by atoms with E-state index in [0.717, 1.165) is 36.9 Å². The van der Waals surface area contributed by atoms with Crippen LogP contribution in [0.1, 0.15) is 69.3 Å². The molecule has 2 aromatic carbocycles. The Balaban J connectivity index is 1.69. The number of rotatable bonds is 11. The summed E-state index contributed by atoms with van der Waals surface area (Å²) in [6.07, 6.45) is 4.16. The van der Waals surface area contributed by atoms with Gasteiger partial charge in [0.05, 0.1) is 25.5 Å². The standard InChI is InChI=1S/C27H35N3O5/c1-5-33-23-16-21(17-24(34-6-2)25(23)35-7-3)27(32)30-29-18(4)19-12-14-22(15-13-19)28-26(31)20-10-8-9-11-20/h12-17,20H,5-11H2,1-4H3,(H,28,31)(H,30,32). The molecule has 3 rings (SSSR count). The highest BCUT2D eigenvalue weighted by molar-refractivity contribution is 6.01. The SMILES string of the molecule is CCOc1cc(C(=O)NN=C(C)c2ccc(NC(=O)C3CCCC3)cc2)cc(OCC)c1OCC. The van der Waals surface area contributed by atoms with E-state index in [-0.39, 0.29) is 11.8 Å². The third kappa shape index (κ3) is 6.97. The quantitative estimate of drug-likeness (QED) is 0.341. The van der Waals surface area contributed by atoms with Crippen molar-refractivity contribution in [2.75, 3.05) is 25.1 Å². The minimum Gasteiger partial charge on any atom is -0.490 e. The van der Waals surface area contributed by atoms with E-state index < -0.39 is 5.91 Å². The minimum absolute atomic E-state index is 0.0844. The molecular formula is C27H35N3O5. The first-order valence-corrected chi connectivity index (χ1v) is 12.3. The second-order valence-corrected chi connectivity index (χ2v) is 8.29. The number of ether oxygens (including phenoxy) is 3. The average molecular weight is 482 g/mol. The lowest BCUT2D eigenvalue weighted by Crippen LogP contribution is -2.20. The normalized spacial score (nSPS) is 13.9. The van der Waals surface area contributed by atoms with Crippen LogP contribution in [0.15, 0.2) is 41.5 Å². The van der Waals surface area contributed by atoms with E-state index in [4.69, 9.17) is 14.2 Å². The van der Waals surface area contributed by atoms with Gasteiger partial charge < -0.3 is 19.5 Å². The molecule has 2 N–H and O–H groups in total. The summed E-state index contributed by atoms with van der Waals surface area (Å²) in [5.41, 5.74) is 5.17. The van der Waals surface area contributed by atoms with Crippen LogP contribution in [-0.4, -0.2) is 37.3 Å². The number of hydrogen-bond donors (Lipinski definition) is 2. The van der Waals surface area contributed by atoms with Gasteiger partial charge in [-0.3, -0.25) is 9.59 Å². The fraction of sp³-hybridized carbons (Fsp3) is 0.444. The molecule has 2 aromatic rings. The summed E-state index contributed by atoms with van der Waals surface area (Å²) in [7, 11) is 0. The zero-order valence-corrected chi connectivity index (χ0v) is 21.0. The van der Waals surface area contributed by atoms with E-state index in [1.54, 1.807) is 12.1 Å². The van der Waals surface area contributed by atoms with Gasteiger partial charge in [0.1, 0.15) is 0 Å². The van der Waals surface area contributed by atoms with E-state index >= 15 is 0 Å². The van der Waals surface area contributed by atoms with Crippen molar-refractivity contribution < 1.29 is 23.8 Å². The molecule has 8 heteroatoms. The van der Waals surface area contributed by atoms with Crippen LogP contribution >= 0.6 is 0 Å². The first-order chi connectivity index (χ1) is 17.0. The molecule has 0 unspecified atom stereocenters. The zero-order chi connectivity index (χ0) is 25.2. The van der Waals surface area contributed by atoms with Gasteiger partial charge in [-0.15, -0.1) is 0 Å². The molecule has 2 amide bonds. The van der Waals surface area contributed by atoms with E-state index in [2.05, 4.69) is 15.8 Å². The van der Waals surface area contributed by atoms with Crippen molar-refractivity contribution in [2.24, 2.45) is 11.0 Å². The topological polar surface area (TPSA) is 98.2 Å². The lowest BCUT2D eigenvalue weighted by molar-refractivity contribution is -0.119. The van der Waals surface area contributed by atoms with Crippen molar-refractivity contribution in [2.45, 2.75) is 53.4 Å². The van der Waals surface area contributed by atoms with Crippen LogP contribution in [0.5, 0.6) is 17.2 Å². The smallest absolute Gasteiger partial charge is 0.271 e. The van der Waals surface area contributed by atoms with Crippen LogP contribution in [0.2, 0.25) is 0 Å². The molecule has 1 aliphatic carbocycles. The first-order valence-electron chi connectivity index (χ1n) is 12.3. The Morgan fingerprint density at radius 1 is 0.886 bits per heavy atom. The van der Waals surface area contributed by atoms with Gasteiger partial charge in [-0.05, 0) is 70.4 Å². The molecule has 0 atom stereocenters. The average Bonchev–Trinajstić information content (AvgIpc) is 3.40. The van der Waals surface area contributed by atoms with Crippen LogP contribution < -0.4 is 25.0 Å². The highest BCUT2D eigenvalue weighted by Crippen LogP contribution is 2.39. The Morgan fingerprint density at radius 2 is 1.46 bits per heavy atom. The number of benzene rings is 2. The van der Waals surface area contributed by atoms with Gasteiger partial charge >= 0.3 is 0 Å². The summed E-state index contributed by atoms with van der Waals surface area (Å²) in [5.74, 6) is 1.17. The largest absolute Gasteiger partial charge is 0.490 e. The Hall–Kier alpha value is -3.55. The molecule has 0 saturated heterocycles. The van der Waals surface area contributed by atoms with Gasteiger partial charge in [-0.1, -0.05) is 25.0 Å². The Bertz CT molecular complexity index is 1020. The van der Waals surface area contributed by atoms with Crippen LogP contribution in [0.3, 0.4) is 0 Å². The second-order valence-electron chi connectivity index (χ2n) is 8.29. The molecule has 1 aliphatic rings. The van der Waals surface area contributed by atoms with Crippen LogP contribution in [0.4, 0.5) is 5.69 Å². The molecule has 0 spiro atoms. The predicted octanol–water partition coefficient (Wildman–Crippen LogP) is 5.17. The number of carbonyl (C=O) groups is 2. The molecule has 188 valence electrons. The molecule has 0 radical (unpaired) electrons. The number of carbonyl (C=O) groups excluding carboxylic acids is 2. The lowest BCUT2D eigenvalue weighted by atomic mass is 10.1. The lowest BCUT2D eigenvalue weighted by Gasteiger charge is -2.16. The molecule has 8 nitrogen and oxygen atoms in total. The molecule has 0 aromatic heterocycles. The Kier molecular flexibility index (Phi) is 9.52. The number of amides is 2. The third-order valence-electron chi connectivity index (χ3n) is 5.79. The summed E-state index contributed by atoms with van der Waals surface area (Å²) < 4.78 is 17.1. The highest BCUT2D eigenvalue weighted by atomic mass is 16.5. The van der Waals surface area contributed by atoms with Crippen molar-refractivity contribution in [3.8, 4) is 17.2 Å². The molecule has 1 saturated carbocycles. The number of anilines is 1. The number of nitrogens with one attached hydrogen (secondary N) is 2. The Labute approximate surface area is 207 Å². The van der Waals surface area contributed by atoms with Gasteiger partial charge in [0.2, 0.25) is 11.7 Å². The van der Waals surface area contributed by atoms with Crippen LogP contribution in [0, 0.1) is 5.92 Å². The van der Waals surface area contributed by atoms with Crippen molar-refractivity contribution in [1.29, 1.82) is 0 Å². The summed E-state index contributed by atoms with van der Waals surface area (Å²) in [5, 5.41) is 7.24. The van der Waals surface area contributed by atoms with Crippen molar-refractivity contribution in [3.05, 3.63) is 47.5 Å². The molecular weight excluding hydrogens is 446 g/mol. The Morgan fingerprint density at radius 3 is 2.00 bits per heavy atom. The van der Waals surface area contributed by atoms with E-state index in [1.165, 1.54) is 0 Å². The maximum Gasteiger partial charge on any atom is 0.271 e. The number of nitrogens with zero attached hydrogens (tertiary/aromatic N) is 1. The third-order valence-corrected chi connectivity index (χ3v) is 5.79. The molecule has 0 aliphatic heterocycles. The van der Waals surface area contributed by atoms with Crippen molar-refractivity contribution in [3.63, 3.8) is 0 Å². The fourth-order valence-electron chi connectivity index (χ4n) is 4.01. The van der Waals surface area contributed by atoms with E-state index in [0.29, 0.717) is 48.3 Å². The molecule has 0 heterocycles. The molecule has 35 heavy (non-hydrogen) atoms. The van der Waals surface area contributed by atoms with Crippen molar-refractivity contribution in [1.82, 2.24) is 5.43 Å². The summed E-state index contributed by atoms with van der Waals surface area (Å²) in [4.78, 5) is 25.2. The second kappa shape index (κ2) is 12.8. The van der Waals surface area contributed by atoms with Crippen LogP contribution in [0.25, 0.3) is 0 Å². The van der Waals surface area contributed by atoms with Gasteiger partial charge in [0.25, 0.3) is 5.91 Å². The predicted molar refractivity (Wildman–Crippen MR) is 137 cm³/mol.